The lowest BCUT2D eigenvalue weighted by molar-refractivity contribution is -0.118. The number of nitrogens with one attached hydrogen (secondary N) is 1. The van der Waals surface area contributed by atoms with Gasteiger partial charge in [0.25, 0.3) is 0 Å². The highest BCUT2D eigenvalue weighted by Gasteiger charge is 2.24. The summed E-state index contributed by atoms with van der Waals surface area (Å²) in [4.78, 5) is 16.1. The number of carbonyl (C=O) groups excluding carboxylic acids is 1. The van der Waals surface area contributed by atoms with Gasteiger partial charge < -0.3 is 9.73 Å². The van der Waals surface area contributed by atoms with Crippen molar-refractivity contribution in [2.45, 2.75) is 49.5 Å². The van der Waals surface area contributed by atoms with Gasteiger partial charge in [-0.3, -0.25) is 9.69 Å². The monoisotopic (exact) mass is 384 g/mol. The standard InChI is InChI=1S/C22H28N2O2S/c25-22(16-27-19-10-9-17-6-4-7-18(17)14-19)23-15-20(21-8-5-13-26-21)24-11-2-1-3-12-24/h5,8-10,13-14,20H,1-4,6-7,11-12,15-16H2,(H,23,25). The quantitative estimate of drug-likeness (QED) is 0.727. The Kier molecular flexibility index (Phi) is 6.20. The van der Waals surface area contributed by atoms with E-state index < -0.39 is 0 Å². The molecule has 1 saturated heterocycles. The first-order valence-corrected chi connectivity index (χ1v) is 11.1. The van der Waals surface area contributed by atoms with E-state index in [4.69, 9.17) is 4.42 Å². The lowest BCUT2D eigenvalue weighted by atomic mass is 10.1. The second-order valence-electron chi connectivity index (χ2n) is 7.50. The van der Waals surface area contributed by atoms with Gasteiger partial charge in [-0.25, -0.2) is 0 Å². The minimum absolute atomic E-state index is 0.0917. The van der Waals surface area contributed by atoms with E-state index in [9.17, 15) is 4.79 Å². The number of amides is 1. The van der Waals surface area contributed by atoms with Gasteiger partial charge in [-0.15, -0.1) is 11.8 Å². The van der Waals surface area contributed by atoms with Crippen molar-refractivity contribution in [3.8, 4) is 0 Å². The number of piperidine rings is 1. The van der Waals surface area contributed by atoms with Crippen LogP contribution in [0.1, 0.15) is 48.6 Å². The van der Waals surface area contributed by atoms with E-state index >= 15 is 0 Å². The van der Waals surface area contributed by atoms with E-state index in [0.29, 0.717) is 12.3 Å². The van der Waals surface area contributed by atoms with Gasteiger partial charge in [0.15, 0.2) is 0 Å². The molecule has 0 radical (unpaired) electrons. The predicted molar refractivity (Wildman–Crippen MR) is 109 cm³/mol. The summed E-state index contributed by atoms with van der Waals surface area (Å²) in [5.41, 5.74) is 2.94. The number of fused-ring (bicyclic) bond motifs is 1. The van der Waals surface area contributed by atoms with E-state index in [0.717, 1.165) is 18.8 Å². The van der Waals surface area contributed by atoms with Gasteiger partial charge >= 0.3 is 0 Å². The smallest absolute Gasteiger partial charge is 0.230 e. The van der Waals surface area contributed by atoms with Crippen molar-refractivity contribution in [1.82, 2.24) is 10.2 Å². The number of nitrogens with zero attached hydrogens (tertiary/aromatic N) is 1. The third-order valence-corrected chi connectivity index (χ3v) is 6.63. The fraction of sp³-hybridized carbons (Fsp3) is 0.500. The lowest BCUT2D eigenvalue weighted by Gasteiger charge is -2.33. The minimum Gasteiger partial charge on any atom is -0.468 e. The first-order valence-electron chi connectivity index (χ1n) is 10.1. The molecule has 1 aliphatic carbocycles. The van der Waals surface area contributed by atoms with Gasteiger partial charge in [0.1, 0.15) is 5.76 Å². The van der Waals surface area contributed by atoms with Gasteiger partial charge in [0.2, 0.25) is 5.91 Å². The van der Waals surface area contributed by atoms with E-state index in [1.807, 2.05) is 12.1 Å². The number of thioether (sulfide) groups is 1. The third-order valence-electron chi connectivity index (χ3n) is 5.64. The molecule has 2 aliphatic rings. The first kappa shape index (κ1) is 18.6. The number of hydrogen-bond donors (Lipinski definition) is 1. The normalized spacial score (nSPS) is 18.2. The van der Waals surface area contributed by atoms with E-state index in [1.54, 1.807) is 18.0 Å². The number of rotatable bonds is 7. The van der Waals surface area contributed by atoms with Gasteiger partial charge in [0, 0.05) is 11.4 Å². The highest BCUT2D eigenvalue weighted by molar-refractivity contribution is 8.00. The first-order chi connectivity index (χ1) is 13.3. The molecule has 0 saturated carbocycles. The second kappa shape index (κ2) is 8.98. The van der Waals surface area contributed by atoms with Crippen molar-refractivity contribution >= 4 is 17.7 Å². The van der Waals surface area contributed by atoms with Crippen LogP contribution in [0.4, 0.5) is 0 Å². The maximum atomic E-state index is 12.4. The van der Waals surface area contributed by atoms with Crippen LogP contribution in [0.25, 0.3) is 0 Å². The van der Waals surface area contributed by atoms with Crippen LogP contribution < -0.4 is 5.32 Å². The Morgan fingerprint density at radius 3 is 2.78 bits per heavy atom. The van der Waals surface area contributed by atoms with E-state index in [-0.39, 0.29) is 11.9 Å². The average molecular weight is 385 g/mol. The molecule has 4 nitrogen and oxygen atoms in total. The molecule has 2 aromatic rings. The third kappa shape index (κ3) is 4.77. The summed E-state index contributed by atoms with van der Waals surface area (Å²) in [6, 6.07) is 10.7. The summed E-state index contributed by atoms with van der Waals surface area (Å²) in [5, 5.41) is 3.13. The molecular weight excluding hydrogens is 356 g/mol. The Morgan fingerprint density at radius 2 is 1.96 bits per heavy atom. The van der Waals surface area contributed by atoms with E-state index in [1.165, 1.54) is 54.5 Å². The maximum absolute atomic E-state index is 12.4. The molecule has 5 heteroatoms. The van der Waals surface area contributed by atoms with Crippen molar-refractivity contribution in [3.63, 3.8) is 0 Å². The van der Waals surface area contributed by atoms with Gasteiger partial charge in [-0.1, -0.05) is 12.5 Å². The summed E-state index contributed by atoms with van der Waals surface area (Å²) < 4.78 is 5.65. The highest BCUT2D eigenvalue weighted by Crippen LogP contribution is 2.28. The van der Waals surface area contributed by atoms with Crippen LogP contribution in [0.5, 0.6) is 0 Å². The van der Waals surface area contributed by atoms with Crippen molar-refractivity contribution in [2.24, 2.45) is 0 Å². The predicted octanol–water partition coefficient (Wildman–Crippen LogP) is 4.20. The number of benzene rings is 1. The van der Waals surface area contributed by atoms with Gasteiger partial charge in [0.05, 0.1) is 18.1 Å². The van der Waals surface area contributed by atoms with Gasteiger partial charge in [-0.2, -0.15) is 0 Å². The Bertz CT molecular complexity index is 754. The Balaban J connectivity index is 1.30. The molecule has 0 spiro atoms. The van der Waals surface area contributed by atoms with Crippen molar-refractivity contribution in [2.75, 3.05) is 25.4 Å². The topological polar surface area (TPSA) is 45.5 Å². The van der Waals surface area contributed by atoms with Crippen LogP contribution >= 0.6 is 11.8 Å². The Hall–Kier alpha value is -1.72. The lowest BCUT2D eigenvalue weighted by Crippen LogP contribution is -2.40. The maximum Gasteiger partial charge on any atom is 0.230 e. The summed E-state index contributed by atoms with van der Waals surface area (Å²) in [6.45, 7) is 2.76. The molecule has 1 atom stereocenters. The zero-order valence-electron chi connectivity index (χ0n) is 15.8. The van der Waals surface area contributed by atoms with Crippen LogP contribution in [0, 0.1) is 0 Å². The van der Waals surface area contributed by atoms with Crippen molar-refractivity contribution in [1.29, 1.82) is 0 Å². The molecule has 2 heterocycles. The molecule has 4 rings (SSSR count). The van der Waals surface area contributed by atoms with E-state index in [2.05, 4.69) is 28.4 Å². The molecular formula is C22H28N2O2S. The van der Waals surface area contributed by atoms with Crippen LogP contribution in [0.15, 0.2) is 45.9 Å². The van der Waals surface area contributed by atoms with Crippen LogP contribution in [-0.4, -0.2) is 36.2 Å². The van der Waals surface area contributed by atoms with Crippen LogP contribution in [0.2, 0.25) is 0 Å². The molecule has 1 N–H and O–H groups in total. The number of carbonyl (C=O) groups is 1. The molecule has 1 aromatic carbocycles. The Morgan fingerprint density at radius 1 is 1.11 bits per heavy atom. The van der Waals surface area contributed by atoms with Crippen LogP contribution in [0.3, 0.4) is 0 Å². The molecule has 27 heavy (non-hydrogen) atoms. The molecule has 1 aromatic heterocycles. The fourth-order valence-electron chi connectivity index (χ4n) is 4.17. The highest BCUT2D eigenvalue weighted by atomic mass is 32.2. The Labute approximate surface area is 165 Å². The van der Waals surface area contributed by atoms with Crippen molar-refractivity contribution in [3.05, 3.63) is 53.5 Å². The molecule has 1 aliphatic heterocycles. The molecule has 0 bridgehead atoms. The summed E-state index contributed by atoms with van der Waals surface area (Å²) >= 11 is 1.63. The number of furan rings is 1. The number of hydrogen-bond acceptors (Lipinski definition) is 4. The van der Waals surface area contributed by atoms with Crippen molar-refractivity contribution < 1.29 is 9.21 Å². The fourth-order valence-corrected chi connectivity index (χ4v) is 4.96. The second-order valence-corrected chi connectivity index (χ2v) is 8.55. The minimum atomic E-state index is 0.0917. The van der Waals surface area contributed by atoms with Crippen LogP contribution in [-0.2, 0) is 17.6 Å². The van der Waals surface area contributed by atoms with Gasteiger partial charge in [-0.05, 0) is 80.6 Å². The largest absolute Gasteiger partial charge is 0.468 e. The SMILES string of the molecule is O=C(CSc1ccc2c(c1)CCC2)NCC(c1ccco1)N1CCCCC1. The zero-order valence-corrected chi connectivity index (χ0v) is 16.6. The summed E-state index contributed by atoms with van der Waals surface area (Å²) in [5.74, 6) is 1.50. The molecule has 1 amide bonds. The molecule has 1 unspecified atom stereocenters. The zero-order chi connectivity index (χ0) is 18.5. The summed E-state index contributed by atoms with van der Waals surface area (Å²) in [7, 11) is 0. The number of likely N-dealkylation sites (tertiary alicyclic amines) is 1. The summed E-state index contributed by atoms with van der Waals surface area (Å²) in [6.07, 6.45) is 9.10. The molecule has 144 valence electrons. The number of aryl methyl sites for hydroxylation is 2. The average Bonchev–Trinajstić information content (AvgIpc) is 3.39. The molecule has 1 fully saturated rings.